The van der Waals surface area contributed by atoms with Crippen molar-refractivity contribution in [3.05, 3.63) is 16.1 Å². The van der Waals surface area contributed by atoms with Gasteiger partial charge in [-0.25, -0.2) is 9.78 Å². The van der Waals surface area contributed by atoms with Gasteiger partial charge in [0.1, 0.15) is 5.69 Å². The van der Waals surface area contributed by atoms with Gasteiger partial charge in [-0.3, -0.25) is 4.79 Å². The lowest BCUT2D eigenvalue weighted by molar-refractivity contribution is 0.0525. The molecule has 0 aromatic carbocycles. The Labute approximate surface area is 129 Å². The number of hydrogen-bond donors (Lipinski definition) is 0. The Kier molecular flexibility index (Phi) is 7.31. The minimum absolute atomic E-state index is 0.0837. The number of carbonyl (C=O) groups excluding carboxylic acids is 2. The number of carbonyl (C=O) groups is 2. The van der Waals surface area contributed by atoms with E-state index >= 15 is 0 Å². The molecule has 7 heteroatoms. The van der Waals surface area contributed by atoms with Gasteiger partial charge in [0.05, 0.1) is 13.2 Å². The highest BCUT2D eigenvalue weighted by molar-refractivity contribution is 7.11. The predicted molar refractivity (Wildman–Crippen MR) is 80.7 cm³/mol. The molecule has 1 aromatic heterocycles. The van der Waals surface area contributed by atoms with Gasteiger partial charge in [0.2, 0.25) is 5.01 Å². The largest absolute Gasteiger partial charge is 0.461 e. The zero-order valence-corrected chi connectivity index (χ0v) is 13.7. The zero-order valence-electron chi connectivity index (χ0n) is 12.9. The number of amides is 1. The van der Waals surface area contributed by atoms with E-state index in [9.17, 15) is 9.59 Å². The van der Waals surface area contributed by atoms with Gasteiger partial charge in [-0.2, -0.15) is 0 Å². The summed E-state index contributed by atoms with van der Waals surface area (Å²) in [6.07, 6.45) is 0.838. The Bertz CT molecular complexity index is 475. The molecule has 6 nitrogen and oxygen atoms in total. The maximum atomic E-state index is 12.5. The third-order valence-electron chi connectivity index (χ3n) is 3.09. The number of ether oxygens (including phenoxy) is 2. The van der Waals surface area contributed by atoms with Crippen LogP contribution in [0.1, 0.15) is 47.5 Å². The van der Waals surface area contributed by atoms with Crippen molar-refractivity contribution in [3.8, 4) is 0 Å². The average molecular weight is 314 g/mol. The smallest absolute Gasteiger partial charge is 0.367 e. The van der Waals surface area contributed by atoms with E-state index in [1.165, 1.54) is 0 Å². The van der Waals surface area contributed by atoms with E-state index < -0.39 is 5.97 Å². The standard InChI is InChI=1S/C14H22N2O4S/c1-5-10(3)16(7-8-19-4)13(17)11-9-21-12(15-11)14(18)20-6-2/h9-10H,5-8H2,1-4H3. The van der Waals surface area contributed by atoms with Crippen LogP contribution in [0.15, 0.2) is 5.38 Å². The van der Waals surface area contributed by atoms with Crippen LogP contribution in [-0.4, -0.2) is 54.7 Å². The quantitative estimate of drug-likeness (QED) is 0.688. The summed E-state index contributed by atoms with van der Waals surface area (Å²) >= 11 is 1.12. The first-order valence-electron chi connectivity index (χ1n) is 6.97. The highest BCUT2D eigenvalue weighted by Gasteiger charge is 2.24. The molecule has 0 N–H and O–H groups in total. The Morgan fingerprint density at radius 3 is 2.71 bits per heavy atom. The highest BCUT2D eigenvalue weighted by Crippen LogP contribution is 2.15. The molecule has 1 unspecified atom stereocenters. The van der Waals surface area contributed by atoms with Crippen LogP contribution >= 0.6 is 11.3 Å². The summed E-state index contributed by atoms with van der Waals surface area (Å²) in [5.74, 6) is -0.679. The van der Waals surface area contributed by atoms with Crippen molar-refractivity contribution >= 4 is 23.2 Å². The fraction of sp³-hybridized carbons (Fsp3) is 0.643. The first-order valence-corrected chi connectivity index (χ1v) is 7.85. The number of aromatic nitrogens is 1. The molecule has 0 bridgehead atoms. The lowest BCUT2D eigenvalue weighted by atomic mass is 10.2. The van der Waals surface area contributed by atoms with E-state index in [4.69, 9.17) is 9.47 Å². The van der Waals surface area contributed by atoms with Gasteiger partial charge in [0.25, 0.3) is 5.91 Å². The van der Waals surface area contributed by atoms with Crippen molar-refractivity contribution < 1.29 is 19.1 Å². The molecule has 0 fully saturated rings. The molecule has 0 aliphatic heterocycles. The lowest BCUT2D eigenvalue weighted by Crippen LogP contribution is -2.40. The van der Waals surface area contributed by atoms with Crippen molar-refractivity contribution in [3.63, 3.8) is 0 Å². The summed E-state index contributed by atoms with van der Waals surface area (Å²) in [5, 5.41) is 1.80. The highest BCUT2D eigenvalue weighted by atomic mass is 32.1. The number of methoxy groups -OCH3 is 1. The summed E-state index contributed by atoms with van der Waals surface area (Å²) in [4.78, 5) is 29.9. The SMILES string of the molecule is CCOC(=O)c1nc(C(=O)N(CCOC)C(C)CC)cs1. The summed E-state index contributed by atoms with van der Waals surface area (Å²) in [7, 11) is 1.60. The number of hydrogen-bond acceptors (Lipinski definition) is 6. The van der Waals surface area contributed by atoms with Crippen molar-refractivity contribution in [2.45, 2.75) is 33.2 Å². The van der Waals surface area contributed by atoms with E-state index in [0.29, 0.717) is 13.2 Å². The number of nitrogens with zero attached hydrogens (tertiary/aromatic N) is 2. The van der Waals surface area contributed by atoms with Crippen LogP contribution in [0, 0.1) is 0 Å². The van der Waals surface area contributed by atoms with Gasteiger partial charge in [-0.05, 0) is 20.3 Å². The summed E-state index contributed by atoms with van der Waals surface area (Å²) in [5.41, 5.74) is 0.277. The van der Waals surface area contributed by atoms with Gasteiger partial charge in [-0.1, -0.05) is 6.92 Å². The Hall–Kier alpha value is -1.47. The molecule has 1 atom stereocenters. The first kappa shape index (κ1) is 17.6. The average Bonchev–Trinajstić information content (AvgIpc) is 2.97. The van der Waals surface area contributed by atoms with E-state index in [1.54, 1.807) is 24.3 Å². The maximum absolute atomic E-state index is 12.5. The molecule has 0 aliphatic rings. The fourth-order valence-corrected chi connectivity index (χ4v) is 2.42. The van der Waals surface area contributed by atoms with Crippen LogP contribution in [-0.2, 0) is 9.47 Å². The fourth-order valence-electron chi connectivity index (χ4n) is 1.74. The van der Waals surface area contributed by atoms with Gasteiger partial charge in [-0.15, -0.1) is 11.3 Å². The van der Waals surface area contributed by atoms with Crippen molar-refractivity contribution in [2.24, 2.45) is 0 Å². The second-order valence-electron chi connectivity index (χ2n) is 4.51. The van der Waals surface area contributed by atoms with Crippen LogP contribution in [0.5, 0.6) is 0 Å². The van der Waals surface area contributed by atoms with Gasteiger partial charge < -0.3 is 14.4 Å². The topological polar surface area (TPSA) is 68.7 Å². The van der Waals surface area contributed by atoms with Crippen molar-refractivity contribution in [1.29, 1.82) is 0 Å². The summed E-state index contributed by atoms with van der Waals surface area (Å²) < 4.78 is 9.92. The second kappa shape index (κ2) is 8.74. The van der Waals surface area contributed by atoms with Crippen molar-refractivity contribution in [1.82, 2.24) is 9.88 Å². The molecular weight excluding hydrogens is 292 g/mol. The summed E-state index contributed by atoms with van der Waals surface area (Å²) in [6, 6.07) is 0.0837. The zero-order chi connectivity index (χ0) is 15.8. The van der Waals surface area contributed by atoms with Gasteiger partial charge in [0.15, 0.2) is 0 Å². The molecule has 0 saturated heterocycles. The Morgan fingerprint density at radius 1 is 1.43 bits per heavy atom. The van der Waals surface area contributed by atoms with Crippen molar-refractivity contribution in [2.75, 3.05) is 26.9 Å². The van der Waals surface area contributed by atoms with Crippen LogP contribution in [0.2, 0.25) is 0 Å². The molecule has 0 radical (unpaired) electrons. The predicted octanol–water partition coefficient (Wildman–Crippen LogP) is 2.21. The van der Waals surface area contributed by atoms with E-state index in [-0.39, 0.29) is 29.3 Å². The van der Waals surface area contributed by atoms with Crippen LogP contribution in [0.3, 0.4) is 0 Å². The van der Waals surface area contributed by atoms with E-state index in [2.05, 4.69) is 4.98 Å². The molecule has 21 heavy (non-hydrogen) atoms. The molecule has 1 amide bonds. The molecular formula is C14H22N2O4S. The minimum Gasteiger partial charge on any atom is -0.461 e. The molecule has 1 heterocycles. The Morgan fingerprint density at radius 2 is 2.14 bits per heavy atom. The lowest BCUT2D eigenvalue weighted by Gasteiger charge is -2.27. The second-order valence-corrected chi connectivity index (χ2v) is 5.37. The molecule has 1 aromatic rings. The van der Waals surface area contributed by atoms with Gasteiger partial charge in [0, 0.05) is 25.1 Å². The molecule has 0 saturated carbocycles. The third-order valence-corrected chi connectivity index (χ3v) is 3.92. The number of esters is 1. The molecule has 0 spiro atoms. The van der Waals surface area contributed by atoms with Gasteiger partial charge >= 0.3 is 5.97 Å². The molecule has 1 rings (SSSR count). The minimum atomic E-state index is -0.492. The van der Waals surface area contributed by atoms with Crippen LogP contribution in [0.4, 0.5) is 0 Å². The third kappa shape index (κ3) is 4.78. The molecule has 0 aliphatic carbocycles. The normalized spacial score (nSPS) is 12.0. The number of rotatable bonds is 8. The summed E-state index contributed by atoms with van der Waals surface area (Å²) in [6.45, 7) is 6.97. The number of thiazole rings is 1. The molecule has 118 valence electrons. The van der Waals surface area contributed by atoms with Crippen LogP contribution in [0.25, 0.3) is 0 Å². The first-order chi connectivity index (χ1) is 10.0. The Balaban J connectivity index is 2.85. The van der Waals surface area contributed by atoms with Crippen LogP contribution < -0.4 is 0 Å². The van der Waals surface area contributed by atoms with E-state index in [1.807, 2.05) is 13.8 Å². The monoisotopic (exact) mass is 314 g/mol. The van der Waals surface area contributed by atoms with E-state index in [0.717, 1.165) is 17.8 Å². The maximum Gasteiger partial charge on any atom is 0.367 e.